The Balaban J connectivity index is 1.61. The summed E-state index contributed by atoms with van der Waals surface area (Å²) in [5, 5.41) is 5.38. The largest absolute Gasteiger partial charge is 0.485 e. The second kappa shape index (κ2) is 5.62. The molecule has 9 nitrogen and oxygen atoms in total. The highest BCUT2D eigenvalue weighted by molar-refractivity contribution is 5.95. The fourth-order valence-electron chi connectivity index (χ4n) is 2.62. The highest BCUT2D eigenvalue weighted by Gasteiger charge is 2.28. The molecule has 2 N–H and O–H groups in total. The van der Waals surface area contributed by atoms with Crippen LogP contribution in [-0.4, -0.2) is 38.2 Å². The van der Waals surface area contributed by atoms with Crippen LogP contribution in [0.5, 0.6) is 11.5 Å². The lowest BCUT2D eigenvalue weighted by molar-refractivity contribution is -0.125. The van der Waals surface area contributed by atoms with E-state index >= 15 is 0 Å². The van der Waals surface area contributed by atoms with Gasteiger partial charge in [-0.1, -0.05) is 12.1 Å². The van der Waals surface area contributed by atoms with Gasteiger partial charge in [0, 0.05) is 0 Å². The number of anilines is 1. The Labute approximate surface area is 141 Å². The molecule has 1 atom stereocenters. The number of benzene rings is 1. The Morgan fingerprint density at radius 2 is 2.04 bits per heavy atom. The Morgan fingerprint density at radius 3 is 2.84 bits per heavy atom. The predicted molar refractivity (Wildman–Crippen MR) is 88.1 cm³/mol. The standard InChI is InChI=1S/C16H15N5O4/c1-8-13(15(23)21-16(17-8)18-9(2)20-21)19-14(22)12-7-24-10-5-3-4-6-11(10)25-12/h3-6,12H,7H2,1-2H3,(H,19,22)(H,17,18,20). The third kappa shape index (κ3) is 2.59. The molecule has 0 spiro atoms. The van der Waals surface area contributed by atoms with Crippen LogP contribution in [0.3, 0.4) is 0 Å². The fourth-order valence-corrected chi connectivity index (χ4v) is 2.62. The van der Waals surface area contributed by atoms with Gasteiger partial charge in [-0.2, -0.15) is 9.50 Å². The number of carbonyl (C=O) groups is 1. The van der Waals surface area contributed by atoms with E-state index in [1.807, 2.05) is 6.07 Å². The Morgan fingerprint density at radius 1 is 1.28 bits per heavy atom. The first-order chi connectivity index (χ1) is 12.0. The van der Waals surface area contributed by atoms with Crippen LogP contribution < -0.4 is 20.3 Å². The summed E-state index contributed by atoms with van der Waals surface area (Å²) in [6, 6.07) is 7.09. The number of hydrogen-bond donors (Lipinski definition) is 2. The number of aromatic nitrogens is 4. The van der Waals surface area contributed by atoms with Crippen molar-refractivity contribution in [3.05, 3.63) is 46.1 Å². The van der Waals surface area contributed by atoms with Crippen LogP contribution in [-0.2, 0) is 4.79 Å². The summed E-state index contributed by atoms with van der Waals surface area (Å²) < 4.78 is 12.4. The summed E-state index contributed by atoms with van der Waals surface area (Å²) in [6.07, 6.45) is -0.863. The van der Waals surface area contributed by atoms with Gasteiger partial charge in [-0.25, -0.2) is 4.98 Å². The van der Waals surface area contributed by atoms with Crippen LogP contribution in [0.15, 0.2) is 29.1 Å². The van der Waals surface area contributed by atoms with Gasteiger partial charge in [0.15, 0.2) is 11.5 Å². The molecule has 0 aliphatic carbocycles. The number of nitrogens with zero attached hydrogens (tertiary/aromatic N) is 3. The number of ether oxygens (including phenoxy) is 2. The topological polar surface area (TPSA) is 111 Å². The smallest absolute Gasteiger partial charge is 0.298 e. The van der Waals surface area contributed by atoms with Crippen LogP contribution in [0.1, 0.15) is 11.5 Å². The van der Waals surface area contributed by atoms with Gasteiger partial charge in [-0.05, 0) is 26.0 Å². The first-order valence-electron chi connectivity index (χ1n) is 7.68. The zero-order chi connectivity index (χ0) is 17.6. The molecule has 128 valence electrons. The zero-order valence-electron chi connectivity index (χ0n) is 13.6. The van der Waals surface area contributed by atoms with Gasteiger partial charge in [0.1, 0.15) is 18.1 Å². The maximum atomic E-state index is 12.5. The molecule has 4 rings (SSSR count). The Hall–Kier alpha value is -3.36. The number of hydrogen-bond acceptors (Lipinski definition) is 6. The van der Waals surface area contributed by atoms with Crippen molar-refractivity contribution in [2.75, 3.05) is 11.9 Å². The van der Waals surface area contributed by atoms with Crippen LogP contribution in [0, 0.1) is 13.8 Å². The third-order valence-corrected chi connectivity index (χ3v) is 3.84. The normalized spacial score (nSPS) is 16.0. The molecule has 9 heteroatoms. The molecule has 0 saturated carbocycles. The molecular formula is C16H15N5O4. The van der Waals surface area contributed by atoms with Gasteiger partial charge in [-0.15, -0.1) is 0 Å². The molecule has 1 aliphatic heterocycles. The number of fused-ring (bicyclic) bond motifs is 2. The number of amides is 1. The number of H-pyrrole nitrogens is 1. The quantitative estimate of drug-likeness (QED) is 0.714. The van der Waals surface area contributed by atoms with Crippen molar-refractivity contribution in [2.45, 2.75) is 20.0 Å². The van der Waals surface area contributed by atoms with Crippen molar-refractivity contribution in [1.29, 1.82) is 0 Å². The van der Waals surface area contributed by atoms with Gasteiger partial charge in [0.25, 0.3) is 17.2 Å². The van der Waals surface area contributed by atoms with Crippen molar-refractivity contribution in [1.82, 2.24) is 19.6 Å². The lowest BCUT2D eigenvalue weighted by Crippen LogP contribution is -2.41. The van der Waals surface area contributed by atoms with Gasteiger partial charge in [0.2, 0.25) is 6.10 Å². The Bertz CT molecular complexity index is 1040. The molecule has 0 radical (unpaired) electrons. The number of aromatic amines is 1. The molecule has 0 bridgehead atoms. The van der Waals surface area contributed by atoms with Crippen molar-refractivity contribution in [3.63, 3.8) is 0 Å². The number of rotatable bonds is 2. The highest BCUT2D eigenvalue weighted by atomic mass is 16.6. The van der Waals surface area contributed by atoms with Crippen molar-refractivity contribution in [3.8, 4) is 11.5 Å². The minimum atomic E-state index is -0.863. The Kier molecular flexibility index (Phi) is 3.41. The van der Waals surface area contributed by atoms with E-state index in [1.165, 1.54) is 4.52 Å². The van der Waals surface area contributed by atoms with Crippen LogP contribution in [0.25, 0.3) is 5.78 Å². The number of aryl methyl sites for hydroxylation is 2. The summed E-state index contributed by atoms with van der Waals surface area (Å²) in [7, 11) is 0. The van der Waals surface area contributed by atoms with Crippen molar-refractivity contribution < 1.29 is 14.3 Å². The van der Waals surface area contributed by atoms with Gasteiger partial charge in [0.05, 0.1) is 5.69 Å². The first kappa shape index (κ1) is 15.2. The van der Waals surface area contributed by atoms with E-state index in [0.717, 1.165) is 0 Å². The monoisotopic (exact) mass is 341 g/mol. The van der Waals surface area contributed by atoms with Crippen LogP contribution in [0.4, 0.5) is 5.69 Å². The van der Waals surface area contributed by atoms with E-state index in [1.54, 1.807) is 32.0 Å². The minimum absolute atomic E-state index is 0.0576. The van der Waals surface area contributed by atoms with E-state index in [0.29, 0.717) is 23.0 Å². The average Bonchev–Trinajstić information content (AvgIpc) is 2.98. The molecule has 1 aliphatic rings. The summed E-state index contributed by atoms with van der Waals surface area (Å²) in [4.78, 5) is 33.4. The lowest BCUT2D eigenvalue weighted by atomic mass is 10.2. The minimum Gasteiger partial charge on any atom is -0.485 e. The predicted octanol–water partition coefficient (Wildman–Crippen LogP) is 0.813. The fraction of sp³-hybridized carbons (Fsp3) is 0.250. The van der Waals surface area contributed by atoms with E-state index in [-0.39, 0.29) is 18.1 Å². The SMILES string of the molecule is Cc1nc2nc(C)c(NC(=O)C3COc4ccccc4O3)c(=O)n2[nH]1. The molecule has 1 aromatic carbocycles. The molecule has 25 heavy (non-hydrogen) atoms. The summed E-state index contributed by atoms with van der Waals surface area (Å²) in [6.45, 7) is 3.41. The average molecular weight is 341 g/mol. The molecule has 3 aromatic rings. The van der Waals surface area contributed by atoms with Gasteiger partial charge >= 0.3 is 0 Å². The van der Waals surface area contributed by atoms with Crippen LogP contribution >= 0.6 is 0 Å². The van der Waals surface area contributed by atoms with Crippen LogP contribution in [0.2, 0.25) is 0 Å². The van der Waals surface area contributed by atoms with Crippen molar-refractivity contribution in [2.24, 2.45) is 0 Å². The second-order valence-electron chi connectivity index (χ2n) is 5.68. The summed E-state index contributed by atoms with van der Waals surface area (Å²) in [5.41, 5.74) is 0.0177. The van der Waals surface area contributed by atoms with E-state index in [4.69, 9.17) is 9.47 Å². The number of carbonyl (C=O) groups excluding carboxylic acids is 1. The maximum Gasteiger partial charge on any atom is 0.298 e. The van der Waals surface area contributed by atoms with E-state index < -0.39 is 17.6 Å². The summed E-state index contributed by atoms with van der Waals surface area (Å²) >= 11 is 0. The number of para-hydroxylation sites is 2. The molecule has 3 heterocycles. The highest BCUT2D eigenvalue weighted by Crippen LogP contribution is 2.31. The molecule has 1 amide bonds. The third-order valence-electron chi connectivity index (χ3n) is 3.84. The number of nitrogens with one attached hydrogen (secondary N) is 2. The lowest BCUT2D eigenvalue weighted by Gasteiger charge is -2.25. The van der Waals surface area contributed by atoms with Crippen molar-refractivity contribution >= 4 is 17.4 Å². The molecule has 1 unspecified atom stereocenters. The molecule has 0 saturated heterocycles. The van der Waals surface area contributed by atoms with Gasteiger partial charge < -0.3 is 14.8 Å². The molecule has 2 aromatic heterocycles. The zero-order valence-corrected chi connectivity index (χ0v) is 13.6. The second-order valence-corrected chi connectivity index (χ2v) is 5.68. The first-order valence-corrected chi connectivity index (χ1v) is 7.68. The maximum absolute atomic E-state index is 12.5. The summed E-state index contributed by atoms with van der Waals surface area (Å²) in [5.74, 6) is 1.39. The molecule has 0 fully saturated rings. The van der Waals surface area contributed by atoms with Gasteiger partial charge in [-0.3, -0.25) is 14.7 Å². The van der Waals surface area contributed by atoms with E-state index in [2.05, 4.69) is 20.4 Å². The molecular weight excluding hydrogens is 326 g/mol. The van der Waals surface area contributed by atoms with E-state index in [9.17, 15) is 9.59 Å².